The average Bonchev–Trinajstić information content (AvgIpc) is 3.29. The third-order valence-corrected chi connectivity index (χ3v) is 4.55. The van der Waals surface area contributed by atoms with Gasteiger partial charge in [-0.05, 0) is 23.6 Å². The molecule has 8 heteroatoms. The smallest absolute Gasteiger partial charge is 0.275 e. The Hall–Kier alpha value is -3.13. The molecule has 3 aromatic heterocycles. The second-order valence-electron chi connectivity index (χ2n) is 5.37. The molecule has 4 aromatic rings. The van der Waals surface area contributed by atoms with Crippen molar-refractivity contribution in [1.82, 2.24) is 19.6 Å². The first-order valence-electron chi connectivity index (χ1n) is 7.64. The zero-order valence-electron chi connectivity index (χ0n) is 13.4. The molecule has 0 aliphatic carbocycles. The van der Waals surface area contributed by atoms with Crippen LogP contribution < -0.4 is 15.6 Å². The predicted molar refractivity (Wildman–Crippen MR) is 97.2 cm³/mol. The molecule has 0 atom stereocenters. The van der Waals surface area contributed by atoms with Crippen molar-refractivity contribution >= 4 is 22.8 Å². The molecule has 4 rings (SSSR count). The molecular weight excluding hydrogens is 338 g/mol. The van der Waals surface area contributed by atoms with Crippen LogP contribution in [-0.2, 0) is 6.54 Å². The Labute approximate surface area is 146 Å². The second-order valence-corrected chi connectivity index (χ2v) is 6.31. The maximum Gasteiger partial charge on any atom is 0.275 e. The third-order valence-electron chi connectivity index (χ3n) is 3.68. The minimum absolute atomic E-state index is 0.216. The van der Waals surface area contributed by atoms with Crippen molar-refractivity contribution in [3.8, 4) is 16.5 Å². The number of rotatable bonds is 5. The van der Waals surface area contributed by atoms with E-state index in [1.54, 1.807) is 7.11 Å². The van der Waals surface area contributed by atoms with Gasteiger partial charge in [0.1, 0.15) is 5.75 Å². The van der Waals surface area contributed by atoms with Gasteiger partial charge >= 0.3 is 0 Å². The summed E-state index contributed by atoms with van der Waals surface area (Å²) in [6.45, 7) is 0.458. The van der Waals surface area contributed by atoms with Gasteiger partial charge in [0.25, 0.3) is 5.56 Å². The molecule has 2 N–H and O–H groups in total. The lowest BCUT2D eigenvalue weighted by atomic mass is 10.3. The lowest BCUT2D eigenvalue weighted by Gasteiger charge is -2.08. The lowest BCUT2D eigenvalue weighted by molar-refractivity contribution is 0.415. The predicted octanol–water partition coefficient (Wildman–Crippen LogP) is 2.77. The molecule has 0 spiro atoms. The van der Waals surface area contributed by atoms with Gasteiger partial charge in [0.05, 0.1) is 18.5 Å². The fourth-order valence-corrected chi connectivity index (χ4v) is 3.13. The highest BCUT2D eigenvalue weighted by atomic mass is 32.1. The quantitative estimate of drug-likeness (QED) is 0.576. The zero-order chi connectivity index (χ0) is 17.2. The van der Waals surface area contributed by atoms with E-state index in [4.69, 9.17) is 4.74 Å². The molecule has 0 saturated heterocycles. The van der Waals surface area contributed by atoms with E-state index in [1.807, 2.05) is 41.8 Å². The van der Waals surface area contributed by atoms with E-state index >= 15 is 0 Å². The Bertz CT molecular complexity index is 1070. The molecule has 1 aromatic carbocycles. The van der Waals surface area contributed by atoms with Gasteiger partial charge in [0, 0.05) is 23.5 Å². The maximum absolute atomic E-state index is 12.3. The average molecular weight is 353 g/mol. The van der Waals surface area contributed by atoms with Crippen LogP contribution in [0.15, 0.2) is 52.6 Å². The molecule has 25 heavy (non-hydrogen) atoms. The van der Waals surface area contributed by atoms with E-state index in [9.17, 15) is 4.79 Å². The van der Waals surface area contributed by atoms with Crippen molar-refractivity contribution in [2.45, 2.75) is 6.54 Å². The molecule has 3 heterocycles. The van der Waals surface area contributed by atoms with Crippen LogP contribution in [0.4, 0.5) is 5.69 Å². The number of thiophene rings is 1. The molecular formula is C17H15N5O2S. The van der Waals surface area contributed by atoms with E-state index in [0.717, 1.165) is 22.0 Å². The number of H-pyrrole nitrogens is 1. The van der Waals surface area contributed by atoms with Crippen molar-refractivity contribution in [3.63, 3.8) is 0 Å². The van der Waals surface area contributed by atoms with Gasteiger partial charge in [-0.25, -0.2) is 0 Å². The number of anilines is 1. The summed E-state index contributed by atoms with van der Waals surface area (Å²) in [6.07, 6.45) is 0. The van der Waals surface area contributed by atoms with Crippen LogP contribution in [0, 0.1) is 0 Å². The Balaban J connectivity index is 1.61. The summed E-state index contributed by atoms with van der Waals surface area (Å²) in [6, 6.07) is 13.0. The summed E-state index contributed by atoms with van der Waals surface area (Å²) in [7, 11) is 1.63. The molecule has 0 fully saturated rings. The molecule has 0 saturated carbocycles. The highest BCUT2D eigenvalue weighted by Gasteiger charge is 2.10. The first-order chi connectivity index (χ1) is 12.2. The number of nitrogens with zero attached hydrogens (tertiary/aromatic N) is 3. The number of benzene rings is 1. The molecule has 7 nitrogen and oxygen atoms in total. The Morgan fingerprint density at radius 2 is 2.20 bits per heavy atom. The minimum atomic E-state index is -0.216. The number of nitrogens with one attached hydrogen (secondary N) is 2. The molecule has 0 aliphatic rings. The molecule has 126 valence electrons. The van der Waals surface area contributed by atoms with Crippen molar-refractivity contribution in [3.05, 3.63) is 63.9 Å². The fraction of sp³-hybridized carbons (Fsp3) is 0.118. The molecule has 0 unspecified atom stereocenters. The van der Waals surface area contributed by atoms with E-state index in [-0.39, 0.29) is 5.56 Å². The van der Waals surface area contributed by atoms with Crippen LogP contribution in [0.5, 0.6) is 5.75 Å². The molecule has 0 radical (unpaired) electrons. The highest BCUT2D eigenvalue weighted by Crippen LogP contribution is 2.21. The normalized spacial score (nSPS) is 10.9. The second kappa shape index (κ2) is 6.40. The SMILES string of the molecule is COc1cccc(NCc2cc(=O)n3nc(-c4cccs4)nc3[nH]2)c1. The van der Waals surface area contributed by atoms with Crippen LogP contribution in [0.2, 0.25) is 0 Å². The Kier molecular flexibility index (Phi) is 3.95. The van der Waals surface area contributed by atoms with Gasteiger partial charge in [-0.1, -0.05) is 12.1 Å². The summed E-state index contributed by atoms with van der Waals surface area (Å²) < 4.78 is 6.49. The summed E-state index contributed by atoms with van der Waals surface area (Å²) in [5.74, 6) is 1.74. The molecule has 0 bridgehead atoms. The Morgan fingerprint density at radius 3 is 3.00 bits per heavy atom. The van der Waals surface area contributed by atoms with Gasteiger partial charge in [-0.3, -0.25) is 4.79 Å². The van der Waals surface area contributed by atoms with Gasteiger partial charge in [-0.2, -0.15) is 9.50 Å². The number of hydrogen-bond acceptors (Lipinski definition) is 6. The number of methoxy groups -OCH3 is 1. The van der Waals surface area contributed by atoms with Crippen molar-refractivity contribution in [2.24, 2.45) is 0 Å². The first kappa shape index (κ1) is 15.4. The van der Waals surface area contributed by atoms with E-state index < -0.39 is 0 Å². The van der Waals surface area contributed by atoms with Crippen molar-refractivity contribution in [2.75, 3.05) is 12.4 Å². The van der Waals surface area contributed by atoms with Gasteiger partial charge < -0.3 is 15.0 Å². The summed E-state index contributed by atoms with van der Waals surface area (Å²) in [4.78, 5) is 20.8. The molecule has 0 amide bonds. The summed E-state index contributed by atoms with van der Waals surface area (Å²) in [5, 5.41) is 9.48. The van der Waals surface area contributed by atoms with Gasteiger partial charge in [0.2, 0.25) is 5.78 Å². The van der Waals surface area contributed by atoms with Crippen LogP contribution in [0.1, 0.15) is 5.69 Å². The maximum atomic E-state index is 12.3. The summed E-state index contributed by atoms with van der Waals surface area (Å²) in [5.41, 5.74) is 1.41. The Morgan fingerprint density at radius 1 is 1.28 bits per heavy atom. The van der Waals surface area contributed by atoms with Gasteiger partial charge in [-0.15, -0.1) is 16.4 Å². The van der Waals surface area contributed by atoms with Crippen molar-refractivity contribution < 1.29 is 4.74 Å². The fourth-order valence-electron chi connectivity index (χ4n) is 2.47. The minimum Gasteiger partial charge on any atom is -0.497 e. The van der Waals surface area contributed by atoms with Gasteiger partial charge in [0.15, 0.2) is 5.82 Å². The topological polar surface area (TPSA) is 84.3 Å². The highest BCUT2D eigenvalue weighted by molar-refractivity contribution is 7.13. The number of aromatic nitrogens is 4. The number of hydrogen-bond donors (Lipinski definition) is 2. The monoisotopic (exact) mass is 353 g/mol. The standard InChI is InChI=1S/C17H15N5O2S/c1-24-13-5-2-4-11(8-13)18-10-12-9-15(23)22-17(19-12)20-16(21-22)14-6-3-7-25-14/h2-9,18H,10H2,1H3,(H,19,20,21). The van der Waals surface area contributed by atoms with E-state index in [2.05, 4.69) is 20.4 Å². The lowest BCUT2D eigenvalue weighted by Crippen LogP contribution is -2.17. The largest absolute Gasteiger partial charge is 0.497 e. The van der Waals surface area contributed by atoms with Crippen LogP contribution >= 0.6 is 11.3 Å². The number of aromatic amines is 1. The van der Waals surface area contributed by atoms with Crippen LogP contribution in [-0.4, -0.2) is 26.7 Å². The number of ether oxygens (including phenoxy) is 1. The van der Waals surface area contributed by atoms with E-state index in [1.165, 1.54) is 21.9 Å². The third kappa shape index (κ3) is 3.11. The molecule has 0 aliphatic heterocycles. The van der Waals surface area contributed by atoms with E-state index in [0.29, 0.717) is 18.1 Å². The first-order valence-corrected chi connectivity index (χ1v) is 8.52. The van der Waals surface area contributed by atoms with Crippen LogP contribution in [0.25, 0.3) is 16.5 Å². The van der Waals surface area contributed by atoms with Crippen LogP contribution in [0.3, 0.4) is 0 Å². The van der Waals surface area contributed by atoms with Crippen molar-refractivity contribution in [1.29, 1.82) is 0 Å². The zero-order valence-corrected chi connectivity index (χ0v) is 14.2. The number of fused-ring (bicyclic) bond motifs is 1. The summed E-state index contributed by atoms with van der Waals surface area (Å²) >= 11 is 1.53.